The number of carbonyl (C=O) groups excluding carboxylic acids is 1. The molecule has 0 saturated heterocycles. The molecule has 22 heavy (non-hydrogen) atoms. The Labute approximate surface area is 127 Å². The van der Waals surface area contributed by atoms with Crippen LogP contribution in [0.5, 0.6) is 5.75 Å². The number of amides is 1. The third-order valence-electron chi connectivity index (χ3n) is 2.93. The van der Waals surface area contributed by atoms with Crippen molar-refractivity contribution in [2.24, 2.45) is 5.73 Å². The number of carbonyl (C=O) groups is 1. The van der Waals surface area contributed by atoms with E-state index in [-0.39, 0.29) is 18.0 Å². The van der Waals surface area contributed by atoms with Crippen molar-refractivity contribution in [3.8, 4) is 11.8 Å². The first kappa shape index (κ1) is 15.3. The summed E-state index contributed by atoms with van der Waals surface area (Å²) in [6.45, 7) is 0.118. The van der Waals surface area contributed by atoms with Crippen molar-refractivity contribution >= 4 is 12.0 Å². The zero-order valence-electron chi connectivity index (χ0n) is 11.6. The van der Waals surface area contributed by atoms with Gasteiger partial charge in [0.05, 0.1) is 0 Å². The lowest BCUT2D eigenvalue weighted by atomic mass is 10.1. The number of nitriles is 1. The second-order valence-electron chi connectivity index (χ2n) is 4.48. The van der Waals surface area contributed by atoms with Crippen molar-refractivity contribution in [1.29, 1.82) is 5.26 Å². The van der Waals surface area contributed by atoms with Gasteiger partial charge in [-0.15, -0.1) is 0 Å². The first-order valence-corrected chi connectivity index (χ1v) is 6.48. The molecule has 5 heteroatoms. The Balaban J connectivity index is 2.05. The van der Waals surface area contributed by atoms with E-state index in [1.807, 2.05) is 0 Å². The first-order valence-electron chi connectivity index (χ1n) is 6.48. The number of hydrogen-bond donors (Lipinski definition) is 1. The normalized spacial score (nSPS) is 10.8. The Morgan fingerprint density at radius 3 is 2.50 bits per heavy atom. The molecule has 0 heterocycles. The van der Waals surface area contributed by atoms with Crippen LogP contribution in [0, 0.1) is 17.1 Å². The molecule has 0 aliphatic carbocycles. The fraction of sp³-hybridized carbons (Fsp3) is 0.0588. The molecule has 0 aliphatic rings. The first-order chi connectivity index (χ1) is 10.6. The van der Waals surface area contributed by atoms with Gasteiger partial charge in [-0.2, -0.15) is 5.26 Å². The van der Waals surface area contributed by atoms with E-state index in [0.29, 0.717) is 16.9 Å². The topological polar surface area (TPSA) is 76.1 Å². The van der Waals surface area contributed by atoms with E-state index in [9.17, 15) is 9.18 Å². The second-order valence-corrected chi connectivity index (χ2v) is 4.48. The maximum atomic E-state index is 13.5. The van der Waals surface area contributed by atoms with E-state index in [4.69, 9.17) is 15.7 Å². The molecule has 2 aromatic carbocycles. The van der Waals surface area contributed by atoms with Crippen LogP contribution in [0.15, 0.2) is 54.1 Å². The van der Waals surface area contributed by atoms with E-state index in [0.717, 1.165) is 0 Å². The van der Waals surface area contributed by atoms with Crippen LogP contribution in [0.2, 0.25) is 0 Å². The van der Waals surface area contributed by atoms with Crippen LogP contribution in [0.1, 0.15) is 11.1 Å². The molecular formula is C17H13FN2O2. The van der Waals surface area contributed by atoms with Gasteiger partial charge < -0.3 is 10.5 Å². The Hall–Kier alpha value is -3.13. The van der Waals surface area contributed by atoms with Crippen LogP contribution >= 0.6 is 0 Å². The monoisotopic (exact) mass is 296 g/mol. The van der Waals surface area contributed by atoms with Gasteiger partial charge >= 0.3 is 0 Å². The number of rotatable bonds is 5. The molecule has 2 rings (SSSR count). The van der Waals surface area contributed by atoms with E-state index >= 15 is 0 Å². The Morgan fingerprint density at radius 1 is 1.23 bits per heavy atom. The number of nitrogens with zero attached hydrogens (tertiary/aromatic N) is 1. The lowest BCUT2D eigenvalue weighted by Crippen LogP contribution is -2.12. The van der Waals surface area contributed by atoms with Crippen LogP contribution in [0.4, 0.5) is 4.39 Å². The second kappa shape index (κ2) is 7.04. The van der Waals surface area contributed by atoms with Crippen LogP contribution in [0.25, 0.3) is 6.08 Å². The van der Waals surface area contributed by atoms with Crippen LogP contribution < -0.4 is 10.5 Å². The average molecular weight is 296 g/mol. The third kappa shape index (κ3) is 3.93. The highest BCUT2D eigenvalue weighted by Gasteiger charge is 2.04. The van der Waals surface area contributed by atoms with Crippen molar-refractivity contribution in [2.45, 2.75) is 6.61 Å². The molecule has 0 aromatic heterocycles. The summed E-state index contributed by atoms with van der Waals surface area (Å²) in [5.74, 6) is -0.539. The lowest BCUT2D eigenvalue weighted by Gasteiger charge is -2.07. The fourth-order valence-corrected chi connectivity index (χ4v) is 1.76. The zero-order valence-corrected chi connectivity index (χ0v) is 11.6. The van der Waals surface area contributed by atoms with Gasteiger partial charge in [0, 0.05) is 5.56 Å². The molecule has 110 valence electrons. The fourth-order valence-electron chi connectivity index (χ4n) is 1.76. The van der Waals surface area contributed by atoms with Crippen molar-refractivity contribution in [3.05, 3.63) is 71.0 Å². The van der Waals surface area contributed by atoms with Gasteiger partial charge in [-0.3, -0.25) is 4.79 Å². The van der Waals surface area contributed by atoms with Gasteiger partial charge in [0.15, 0.2) is 0 Å². The average Bonchev–Trinajstić information content (AvgIpc) is 2.52. The lowest BCUT2D eigenvalue weighted by molar-refractivity contribution is -0.114. The van der Waals surface area contributed by atoms with E-state index in [1.165, 1.54) is 12.1 Å². The minimum absolute atomic E-state index is 0.118. The standard InChI is InChI=1S/C17H13FN2O2/c18-16-4-2-1-3-13(16)11-22-15-7-5-12(6-8-15)9-14(10-19)17(20)21/h1-9H,11H2,(H2,20,21). The van der Waals surface area contributed by atoms with E-state index in [2.05, 4.69) is 0 Å². The number of halogens is 1. The van der Waals surface area contributed by atoms with Crippen molar-refractivity contribution in [1.82, 2.24) is 0 Å². The molecule has 0 aliphatic heterocycles. The molecule has 0 spiro atoms. The predicted molar refractivity (Wildman–Crippen MR) is 80.0 cm³/mol. The molecular weight excluding hydrogens is 283 g/mol. The van der Waals surface area contributed by atoms with Crippen LogP contribution in [0.3, 0.4) is 0 Å². The minimum atomic E-state index is -0.776. The van der Waals surface area contributed by atoms with Gasteiger partial charge in [0.2, 0.25) is 0 Å². The number of nitrogens with two attached hydrogens (primary N) is 1. The molecule has 2 aromatic rings. The molecule has 0 bridgehead atoms. The van der Waals surface area contributed by atoms with Crippen molar-refractivity contribution in [3.63, 3.8) is 0 Å². The summed E-state index contributed by atoms with van der Waals surface area (Å²) >= 11 is 0. The smallest absolute Gasteiger partial charge is 0.259 e. The Kier molecular flexibility index (Phi) is 4.89. The molecule has 0 saturated carbocycles. The maximum Gasteiger partial charge on any atom is 0.259 e. The molecule has 1 amide bonds. The minimum Gasteiger partial charge on any atom is -0.489 e. The third-order valence-corrected chi connectivity index (χ3v) is 2.93. The van der Waals surface area contributed by atoms with Crippen molar-refractivity contribution in [2.75, 3.05) is 0 Å². The van der Waals surface area contributed by atoms with Gasteiger partial charge in [0.1, 0.15) is 29.8 Å². The highest BCUT2D eigenvalue weighted by molar-refractivity contribution is 6.00. The maximum absolute atomic E-state index is 13.5. The van der Waals surface area contributed by atoms with E-state index in [1.54, 1.807) is 48.5 Å². The highest BCUT2D eigenvalue weighted by atomic mass is 19.1. The molecule has 0 radical (unpaired) electrons. The molecule has 2 N–H and O–H groups in total. The number of primary amides is 1. The van der Waals surface area contributed by atoms with E-state index < -0.39 is 5.91 Å². The van der Waals surface area contributed by atoms with Gasteiger partial charge in [-0.1, -0.05) is 30.3 Å². The molecule has 4 nitrogen and oxygen atoms in total. The Morgan fingerprint density at radius 2 is 1.91 bits per heavy atom. The summed E-state index contributed by atoms with van der Waals surface area (Å²) in [7, 11) is 0. The largest absolute Gasteiger partial charge is 0.489 e. The highest BCUT2D eigenvalue weighted by Crippen LogP contribution is 2.17. The summed E-state index contributed by atoms with van der Waals surface area (Å²) in [5.41, 5.74) is 6.05. The molecule has 0 fully saturated rings. The van der Waals surface area contributed by atoms with Crippen LogP contribution in [-0.2, 0) is 11.4 Å². The summed E-state index contributed by atoms with van der Waals surface area (Å²) < 4.78 is 18.9. The quantitative estimate of drug-likeness (QED) is 0.681. The summed E-state index contributed by atoms with van der Waals surface area (Å²) in [6, 6.07) is 14.8. The summed E-state index contributed by atoms with van der Waals surface area (Å²) in [4.78, 5) is 11.0. The van der Waals surface area contributed by atoms with Crippen LogP contribution in [-0.4, -0.2) is 5.91 Å². The van der Waals surface area contributed by atoms with Gasteiger partial charge in [-0.05, 0) is 29.8 Å². The summed E-state index contributed by atoms with van der Waals surface area (Å²) in [5, 5.41) is 8.77. The summed E-state index contributed by atoms with van der Waals surface area (Å²) in [6.07, 6.45) is 1.39. The van der Waals surface area contributed by atoms with Crippen molar-refractivity contribution < 1.29 is 13.9 Å². The predicted octanol–water partition coefficient (Wildman–Crippen LogP) is 2.80. The molecule has 0 atom stereocenters. The Bertz CT molecular complexity index is 746. The SMILES string of the molecule is N#CC(=Cc1ccc(OCc2ccccc2F)cc1)C(N)=O. The van der Waals surface area contributed by atoms with Gasteiger partial charge in [-0.25, -0.2) is 4.39 Å². The van der Waals surface area contributed by atoms with Gasteiger partial charge in [0.25, 0.3) is 5.91 Å². The molecule has 0 unspecified atom stereocenters. The zero-order chi connectivity index (χ0) is 15.9. The number of hydrogen-bond acceptors (Lipinski definition) is 3. The number of ether oxygens (including phenoxy) is 1. The number of benzene rings is 2.